The zero-order chi connectivity index (χ0) is 16.9. The summed E-state index contributed by atoms with van der Waals surface area (Å²) in [7, 11) is 0. The van der Waals surface area contributed by atoms with Crippen molar-refractivity contribution >= 4 is 11.9 Å². The lowest BCUT2D eigenvalue weighted by atomic mass is 10.0. The number of hydrogen-bond acceptors (Lipinski definition) is 2. The standard InChI is InChI=1S/C20H21NO3/c22-19(23)12-11-18(15-5-2-1-3-6-15)21-20(24)17-10-9-14-7-4-8-16(14)13-17/h1-3,5-6,9-10,13,18H,4,7-8,11-12H2,(H,21,24)(H,22,23). The van der Waals surface area contributed by atoms with Gasteiger partial charge in [0.15, 0.2) is 0 Å². The second-order valence-corrected chi connectivity index (χ2v) is 6.21. The van der Waals surface area contributed by atoms with E-state index in [1.54, 1.807) is 0 Å². The molecule has 124 valence electrons. The predicted octanol–water partition coefficient (Wildman–Crippen LogP) is 3.51. The molecule has 0 aliphatic heterocycles. The van der Waals surface area contributed by atoms with Gasteiger partial charge in [-0.15, -0.1) is 0 Å². The summed E-state index contributed by atoms with van der Waals surface area (Å²) < 4.78 is 0. The third-order valence-corrected chi connectivity index (χ3v) is 4.51. The lowest BCUT2D eigenvalue weighted by Crippen LogP contribution is -2.29. The smallest absolute Gasteiger partial charge is 0.303 e. The molecular formula is C20H21NO3. The van der Waals surface area contributed by atoms with Crippen LogP contribution in [0.25, 0.3) is 0 Å². The van der Waals surface area contributed by atoms with E-state index in [9.17, 15) is 9.59 Å². The van der Waals surface area contributed by atoms with Crippen molar-refractivity contribution in [3.8, 4) is 0 Å². The number of carboxylic acids is 1. The number of carbonyl (C=O) groups is 2. The van der Waals surface area contributed by atoms with E-state index >= 15 is 0 Å². The molecule has 4 nitrogen and oxygen atoms in total. The highest BCUT2D eigenvalue weighted by molar-refractivity contribution is 5.94. The van der Waals surface area contributed by atoms with Crippen LogP contribution in [-0.4, -0.2) is 17.0 Å². The molecule has 3 rings (SSSR count). The normalized spacial score (nSPS) is 14.0. The van der Waals surface area contributed by atoms with Crippen molar-refractivity contribution in [3.63, 3.8) is 0 Å². The SMILES string of the molecule is O=C(O)CCC(NC(=O)c1ccc2c(c1)CCC2)c1ccccc1. The maximum absolute atomic E-state index is 12.6. The van der Waals surface area contributed by atoms with Gasteiger partial charge < -0.3 is 10.4 Å². The average Bonchev–Trinajstić information content (AvgIpc) is 3.06. The first-order chi connectivity index (χ1) is 11.6. The summed E-state index contributed by atoms with van der Waals surface area (Å²) in [5.41, 5.74) is 4.15. The van der Waals surface area contributed by atoms with E-state index in [1.807, 2.05) is 48.5 Å². The van der Waals surface area contributed by atoms with E-state index in [0.29, 0.717) is 12.0 Å². The molecule has 0 saturated carbocycles. The largest absolute Gasteiger partial charge is 0.481 e. The quantitative estimate of drug-likeness (QED) is 0.855. The molecule has 0 aromatic heterocycles. The number of aliphatic carboxylic acids is 1. The van der Waals surface area contributed by atoms with Crippen molar-refractivity contribution in [1.29, 1.82) is 0 Å². The summed E-state index contributed by atoms with van der Waals surface area (Å²) in [4.78, 5) is 23.5. The second kappa shape index (κ2) is 7.30. The van der Waals surface area contributed by atoms with Gasteiger partial charge in [-0.05, 0) is 54.5 Å². The van der Waals surface area contributed by atoms with Gasteiger partial charge in [0.2, 0.25) is 0 Å². The summed E-state index contributed by atoms with van der Waals surface area (Å²) in [6, 6.07) is 15.1. The molecule has 1 amide bonds. The maximum Gasteiger partial charge on any atom is 0.303 e. The Labute approximate surface area is 141 Å². The predicted molar refractivity (Wildman–Crippen MR) is 92.0 cm³/mol. The first-order valence-electron chi connectivity index (χ1n) is 8.33. The van der Waals surface area contributed by atoms with Crippen molar-refractivity contribution < 1.29 is 14.7 Å². The van der Waals surface area contributed by atoms with Gasteiger partial charge in [-0.3, -0.25) is 9.59 Å². The number of carbonyl (C=O) groups excluding carboxylic acids is 1. The molecule has 2 aromatic carbocycles. The molecule has 0 saturated heterocycles. The summed E-state index contributed by atoms with van der Waals surface area (Å²) in [5, 5.41) is 11.9. The molecule has 1 aliphatic rings. The fourth-order valence-corrected chi connectivity index (χ4v) is 3.23. The minimum Gasteiger partial charge on any atom is -0.481 e. The van der Waals surface area contributed by atoms with Crippen molar-refractivity contribution in [2.75, 3.05) is 0 Å². The lowest BCUT2D eigenvalue weighted by molar-refractivity contribution is -0.137. The molecule has 0 heterocycles. The van der Waals surface area contributed by atoms with Gasteiger partial charge >= 0.3 is 5.97 Å². The third kappa shape index (κ3) is 3.82. The Hall–Kier alpha value is -2.62. The highest BCUT2D eigenvalue weighted by Crippen LogP contribution is 2.24. The zero-order valence-electron chi connectivity index (χ0n) is 13.5. The molecule has 0 fully saturated rings. The van der Waals surface area contributed by atoms with Gasteiger partial charge in [-0.25, -0.2) is 0 Å². The molecule has 1 atom stereocenters. The van der Waals surface area contributed by atoms with Crippen LogP contribution in [0.5, 0.6) is 0 Å². The van der Waals surface area contributed by atoms with Gasteiger partial charge in [-0.2, -0.15) is 0 Å². The summed E-state index contributed by atoms with van der Waals surface area (Å²) in [6.07, 6.45) is 3.64. The highest BCUT2D eigenvalue weighted by atomic mass is 16.4. The van der Waals surface area contributed by atoms with Crippen LogP contribution in [-0.2, 0) is 17.6 Å². The van der Waals surface area contributed by atoms with Gasteiger partial charge in [0.25, 0.3) is 5.91 Å². The van der Waals surface area contributed by atoms with Crippen LogP contribution in [0.2, 0.25) is 0 Å². The molecule has 2 aromatic rings. The van der Waals surface area contributed by atoms with Crippen LogP contribution >= 0.6 is 0 Å². The Morgan fingerprint density at radius 3 is 2.54 bits per heavy atom. The monoisotopic (exact) mass is 323 g/mol. The van der Waals surface area contributed by atoms with E-state index in [2.05, 4.69) is 5.32 Å². The fraction of sp³-hybridized carbons (Fsp3) is 0.300. The van der Waals surface area contributed by atoms with Crippen LogP contribution in [0.15, 0.2) is 48.5 Å². The second-order valence-electron chi connectivity index (χ2n) is 6.21. The zero-order valence-corrected chi connectivity index (χ0v) is 13.5. The Bertz CT molecular complexity index is 740. The molecule has 24 heavy (non-hydrogen) atoms. The van der Waals surface area contributed by atoms with Crippen LogP contribution < -0.4 is 5.32 Å². The number of nitrogens with one attached hydrogen (secondary N) is 1. The number of carboxylic acid groups (broad SMARTS) is 1. The maximum atomic E-state index is 12.6. The number of rotatable bonds is 6. The van der Waals surface area contributed by atoms with Crippen LogP contribution in [0.4, 0.5) is 0 Å². The van der Waals surface area contributed by atoms with Gasteiger partial charge in [-0.1, -0.05) is 36.4 Å². The summed E-state index contributed by atoms with van der Waals surface area (Å²) >= 11 is 0. The number of hydrogen-bond donors (Lipinski definition) is 2. The van der Waals surface area contributed by atoms with Gasteiger partial charge in [0.1, 0.15) is 0 Å². The molecule has 1 aliphatic carbocycles. The van der Waals surface area contributed by atoms with Crippen molar-refractivity contribution in [3.05, 3.63) is 70.8 Å². The van der Waals surface area contributed by atoms with E-state index < -0.39 is 5.97 Å². The van der Waals surface area contributed by atoms with Crippen LogP contribution in [0.1, 0.15) is 52.4 Å². The van der Waals surface area contributed by atoms with Gasteiger partial charge in [0, 0.05) is 12.0 Å². The Balaban J connectivity index is 1.76. The first-order valence-corrected chi connectivity index (χ1v) is 8.33. The number of fused-ring (bicyclic) bond motifs is 1. The minimum absolute atomic E-state index is 0.0179. The number of aryl methyl sites for hydroxylation is 2. The fourth-order valence-electron chi connectivity index (χ4n) is 3.23. The highest BCUT2D eigenvalue weighted by Gasteiger charge is 2.19. The van der Waals surface area contributed by atoms with Crippen molar-refractivity contribution in [1.82, 2.24) is 5.32 Å². The molecule has 0 bridgehead atoms. The minimum atomic E-state index is -0.859. The van der Waals surface area contributed by atoms with Crippen LogP contribution in [0.3, 0.4) is 0 Å². The van der Waals surface area contributed by atoms with Gasteiger partial charge in [0.05, 0.1) is 6.04 Å². The van der Waals surface area contributed by atoms with E-state index in [4.69, 9.17) is 5.11 Å². The Morgan fingerprint density at radius 2 is 1.79 bits per heavy atom. The number of amides is 1. The van der Waals surface area contributed by atoms with E-state index in [0.717, 1.165) is 24.8 Å². The molecule has 4 heteroatoms. The molecular weight excluding hydrogens is 302 g/mol. The topological polar surface area (TPSA) is 66.4 Å². The number of benzene rings is 2. The Kier molecular flexibility index (Phi) is 4.94. The average molecular weight is 323 g/mol. The third-order valence-electron chi connectivity index (χ3n) is 4.51. The van der Waals surface area contributed by atoms with Crippen molar-refractivity contribution in [2.24, 2.45) is 0 Å². The molecule has 1 unspecified atom stereocenters. The Morgan fingerprint density at radius 1 is 1.04 bits per heavy atom. The van der Waals surface area contributed by atoms with E-state index in [1.165, 1.54) is 11.1 Å². The summed E-state index contributed by atoms with van der Waals surface area (Å²) in [5.74, 6) is -1.01. The van der Waals surface area contributed by atoms with E-state index in [-0.39, 0.29) is 18.4 Å². The van der Waals surface area contributed by atoms with Crippen molar-refractivity contribution in [2.45, 2.75) is 38.1 Å². The van der Waals surface area contributed by atoms with Crippen LogP contribution in [0, 0.1) is 0 Å². The molecule has 2 N–H and O–H groups in total. The lowest BCUT2D eigenvalue weighted by Gasteiger charge is -2.19. The molecule has 0 spiro atoms. The molecule has 0 radical (unpaired) electrons. The first kappa shape index (κ1) is 16.2. The summed E-state index contributed by atoms with van der Waals surface area (Å²) in [6.45, 7) is 0.